The van der Waals surface area contributed by atoms with E-state index in [1.165, 1.54) is 17.8 Å². The lowest BCUT2D eigenvalue weighted by Gasteiger charge is -2.15. The number of carbonyl (C=O) groups is 3. The molecule has 0 unspecified atom stereocenters. The van der Waals surface area contributed by atoms with Gasteiger partial charge in [-0.1, -0.05) is 41.6 Å². The minimum atomic E-state index is -0.523. The lowest BCUT2D eigenvalue weighted by atomic mass is 10.1. The van der Waals surface area contributed by atoms with Crippen molar-refractivity contribution in [1.82, 2.24) is 4.90 Å². The van der Waals surface area contributed by atoms with E-state index < -0.39 is 17.1 Å². The molecule has 0 aliphatic carbocycles. The maximum atomic E-state index is 12.7. The van der Waals surface area contributed by atoms with Crippen LogP contribution in [0.3, 0.4) is 0 Å². The summed E-state index contributed by atoms with van der Waals surface area (Å²) in [6.07, 6.45) is 1.51. The predicted octanol–water partition coefficient (Wildman–Crippen LogP) is 6.38. The molecule has 2 heterocycles. The Hall–Kier alpha value is -2.94. The molecule has 3 amide bonds. The number of para-hydroxylation sites is 1. The van der Waals surface area contributed by atoms with Gasteiger partial charge in [0, 0.05) is 21.7 Å². The zero-order valence-electron chi connectivity index (χ0n) is 17.8. The summed E-state index contributed by atoms with van der Waals surface area (Å²) in [6.45, 7) is 3.41. The second kappa shape index (κ2) is 9.91. The number of hydrogen-bond acceptors (Lipinski definition) is 6. The highest BCUT2D eigenvalue weighted by atomic mass is 35.5. The summed E-state index contributed by atoms with van der Waals surface area (Å²) in [7, 11) is 0. The van der Waals surface area contributed by atoms with Crippen LogP contribution in [0, 0.1) is 13.8 Å². The minimum absolute atomic E-state index is 0.206. The van der Waals surface area contributed by atoms with Crippen LogP contribution in [-0.4, -0.2) is 28.5 Å². The maximum Gasteiger partial charge on any atom is 0.294 e. The van der Waals surface area contributed by atoms with Gasteiger partial charge in [0.05, 0.1) is 4.91 Å². The number of hydrogen-bond donors (Lipinski definition) is 1. The molecular weight excluding hydrogens is 480 g/mol. The van der Waals surface area contributed by atoms with E-state index in [2.05, 4.69) is 5.32 Å². The van der Waals surface area contributed by atoms with Crippen molar-refractivity contribution in [1.29, 1.82) is 0 Å². The largest absolute Gasteiger partial charge is 0.450 e. The van der Waals surface area contributed by atoms with Gasteiger partial charge in [-0.05, 0) is 73.1 Å². The number of furan rings is 1. The number of halogens is 1. The summed E-state index contributed by atoms with van der Waals surface area (Å²) in [4.78, 5) is 39.7. The quantitative estimate of drug-likeness (QED) is 0.397. The Bertz CT molecular complexity index is 1250. The van der Waals surface area contributed by atoms with Gasteiger partial charge in [-0.3, -0.25) is 19.3 Å². The smallest absolute Gasteiger partial charge is 0.294 e. The fraction of sp³-hybridized carbons (Fsp3) is 0.125. The first kappa shape index (κ1) is 23.2. The van der Waals surface area contributed by atoms with Gasteiger partial charge >= 0.3 is 0 Å². The van der Waals surface area contributed by atoms with Gasteiger partial charge in [0.1, 0.15) is 12.3 Å². The zero-order valence-corrected chi connectivity index (χ0v) is 20.1. The molecule has 9 heteroatoms. The van der Waals surface area contributed by atoms with Crippen LogP contribution in [0.1, 0.15) is 16.9 Å². The van der Waals surface area contributed by atoms with Crippen LogP contribution < -0.4 is 5.32 Å². The third kappa shape index (κ3) is 5.52. The van der Waals surface area contributed by atoms with Gasteiger partial charge in [0.15, 0.2) is 5.09 Å². The average molecular weight is 499 g/mol. The number of nitrogens with one attached hydrogen (secondary N) is 1. The molecular formula is C24H19ClN2O4S2. The second-order valence-corrected chi connectivity index (χ2v) is 9.80. The summed E-state index contributed by atoms with van der Waals surface area (Å²) in [5.74, 6) is -0.516. The molecule has 3 aromatic rings. The number of rotatable bonds is 6. The molecule has 1 fully saturated rings. The van der Waals surface area contributed by atoms with E-state index in [-0.39, 0.29) is 11.4 Å². The normalized spacial score (nSPS) is 14.9. The van der Waals surface area contributed by atoms with E-state index in [1.54, 1.807) is 24.3 Å². The van der Waals surface area contributed by atoms with Crippen LogP contribution in [0.5, 0.6) is 0 Å². The topological polar surface area (TPSA) is 79.6 Å². The van der Waals surface area contributed by atoms with Crippen LogP contribution in [0.4, 0.5) is 10.5 Å². The number of nitrogens with zero attached hydrogens (tertiary/aromatic N) is 1. The van der Waals surface area contributed by atoms with E-state index >= 15 is 0 Å². The lowest BCUT2D eigenvalue weighted by Crippen LogP contribution is -2.36. The Balaban J connectivity index is 1.42. The fourth-order valence-electron chi connectivity index (χ4n) is 3.19. The fourth-order valence-corrected chi connectivity index (χ4v) is 4.91. The molecule has 4 rings (SSSR count). The molecule has 1 N–H and O–H groups in total. The van der Waals surface area contributed by atoms with Gasteiger partial charge in [-0.25, -0.2) is 0 Å². The SMILES string of the molecule is Cc1cccc(C)c1NC(=O)CN1C(=O)S/C(=C\c2ccc(Sc3ccc(Cl)cc3)o2)C1=O. The molecule has 0 atom stereocenters. The van der Waals surface area contributed by atoms with E-state index in [0.717, 1.165) is 32.7 Å². The molecule has 0 saturated carbocycles. The van der Waals surface area contributed by atoms with Gasteiger partial charge in [0.2, 0.25) is 5.91 Å². The Kier molecular flexibility index (Phi) is 6.97. The van der Waals surface area contributed by atoms with Crippen molar-refractivity contribution in [3.63, 3.8) is 0 Å². The summed E-state index contributed by atoms with van der Waals surface area (Å²) in [5, 5.41) is 3.59. The van der Waals surface area contributed by atoms with Crippen molar-refractivity contribution in [2.75, 3.05) is 11.9 Å². The van der Waals surface area contributed by atoms with E-state index in [4.69, 9.17) is 16.0 Å². The summed E-state index contributed by atoms with van der Waals surface area (Å²) in [5.41, 5.74) is 2.50. The Labute approximate surface area is 204 Å². The average Bonchev–Trinajstić information content (AvgIpc) is 3.32. The highest BCUT2D eigenvalue weighted by Crippen LogP contribution is 2.35. The zero-order chi connectivity index (χ0) is 23.5. The number of amides is 3. The van der Waals surface area contributed by atoms with Gasteiger partial charge < -0.3 is 9.73 Å². The van der Waals surface area contributed by atoms with E-state index in [1.807, 2.05) is 44.2 Å². The standard InChI is InChI=1S/C24H19ClN2O4S2/c1-14-4-3-5-15(2)22(14)26-20(28)13-27-23(29)19(33-24(27)30)12-17-8-11-21(31-17)32-18-9-6-16(25)7-10-18/h3-12H,13H2,1-2H3,(H,26,28)/b19-12-. The molecule has 0 spiro atoms. The van der Waals surface area contributed by atoms with E-state index in [9.17, 15) is 14.4 Å². The maximum absolute atomic E-state index is 12.7. The Morgan fingerprint density at radius 3 is 2.48 bits per heavy atom. The summed E-state index contributed by atoms with van der Waals surface area (Å²) in [6, 6.07) is 16.5. The van der Waals surface area contributed by atoms with Crippen LogP contribution >= 0.6 is 35.1 Å². The minimum Gasteiger partial charge on any atom is -0.450 e. The van der Waals surface area contributed by atoms with Crippen molar-refractivity contribution in [3.8, 4) is 0 Å². The monoisotopic (exact) mass is 498 g/mol. The van der Waals surface area contributed by atoms with E-state index in [0.29, 0.717) is 21.6 Å². The molecule has 1 aliphatic heterocycles. The molecule has 33 heavy (non-hydrogen) atoms. The molecule has 2 aromatic carbocycles. The number of benzene rings is 2. The van der Waals surface area contributed by atoms with Gasteiger partial charge in [-0.2, -0.15) is 0 Å². The van der Waals surface area contributed by atoms with Crippen molar-refractivity contribution in [2.45, 2.75) is 23.8 Å². The van der Waals surface area contributed by atoms with Crippen LogP contribution in [0.2, 0.25) is 5.02 Å². The number of aryl methyl sites for hydroxylation is 2. The van der Waals surface area contributed by atoms with Gasteiger partial charge in [0.25, 0.3) is 11.1 Å². The van der Waals surface area contributed by atoms with Crippen LogP contribution in [-0.2, 0) is 9.59 Å². The molecule has 1 aromatic heterocycles. The molecule has 0 bridgehead atoms. The predicted molar refractivity (Wildman–Crippen MR) is 132 cm³/mol. The number of anilines is 1. The number of carbonyl (C=O) groups excluding carboxylic acids is 3. The second-order valence-electron chi connectivity index (χ2n) is 7.30. The van der Waals surface area contributed by atoms with Crippen molar-refractivity contribution >= 4 is 63.9 Å². The van der Waals surface area contributed by atoms with Crippen molar-refractivity contribution in [2.24, 2.45) is 0 Å². The summed E-state index contributed by atoms with van der Waals surface area (Å²) >= 11 is 8.10. The molecule has 0 radical (unpaired) electrons. The molecule has 168 valence electrons. The van der Waals surface area contributed by atoms with Crippen LogP contribution in [0.25, 0.3) is 6.08 Å². The molecule has 1 aliphatic rings. The Morgan fingerprint density at radius 2 is 1.79 bits per heavy atom. The first-order chi connectivity index (χ1) is 15.8. The highest BCUT2D eigenvalue weighted by molar-refractivity contribution is 8.18. The third-order valence-corrected chi connectivity index (χ3v) is 6.92. The van der Waals surface area contributed by atoms with Crippen LogP contribution in [0.15, 0.2) is 73.9 Å². The lowest BCUT2D eigenvalue weighted by molar-refractivity contribution is -0.127. The first-order valence-electron chi connectivity index (χ1n) is 9.95. The number of imide groups is 1. The van der Waals surface area contributed by atoms with Crippen molar-refractivity contribution < 1.29 is 18.8 Å². The number of thioether (sulfide) groups is 1. The molecule has 6 nitrogen and oxygen atoms in total. The first-order valence-corrected chi connectivity index (χ1v) is 12.0. The van der Waals surface area contributed by atoms with Crippen molar-refractivity contribution in [3.05, 3.63) is 81.4 Å². The highest BCUT2D eigenvalue weighted by Gasteiger charge is 2.36. The Morgan fingerprint density at radius 1 is 1.09 bits per heavy atom. The third-order valence-electron chi connectivity index (χ3n) is 4.83. The molecule has 1 saturated heterocycles. The summed E-state index contributed by atoms with van der Waals surface area (Å²) < 4.78 is 5.76. The van der Waals surface area contributed by atoms with Gasteiger partial charge in [-0.15, -0.1) is 0 Å².